The van der Waals surface area contributed by atoms with Crippen LogP contribution < -0.4 is 14.8 Å². The number of methoxy groups -OCH3 is 2. The van der Waals surface area contributed by atoms with Crippen molar-refractivity contribution in [1.29, 1.82) is 0 Å². The van der Waals surface area contributed by atoms with Crippen molar-refractivity contribution in [2.45, 2.75) is 13.0 Å². The molecule has 0 spiro atoms. The zero-order valence-corrected chi connectivity index (χ0v) is 17.0. The van der Waals surface area contributed by atoms with Gasteiger partial charge in [0.05, 0.1) is 14.2 Å². The summed E-state index contributed by atoms with van der Waals surface area (Å²) < 4.78 is 15.7. The molecule has 0 aliphatic heterocycles. The Labute approximate surface area is 175 Å². The van der Waals surface area contributed by atoms with E-state index in [1.165, 1.54) is 20.1 Å². The van der Waals surface area contributed by atoms with Crippen LogP contribution in [0, 0.1) is 0 Å². The third kappa shape index (κ3) is 4.97. The summed E-state index contributed by atoms with van der Waals surface area (Å²) in [5, 5.41) is 4.75. The van der Waals surface area contributed by atoms with Gasteiger partial charge in [-0.05, 0) is 42.1 Å². The van der Waals surface area contributed by atoms with Gasteiger partial charge in [0.1, 0.15) is 0 Å². The van der Waals surface area contributed by atoms with Gasteiger partial charge in [0.25, 0.3) is 5.91 Å². The smallest absolute Gasteiger partial charge is 0.331 e. The molecule has 3 rings (SSSR count). The van der Waals surface area contributed by atoms with E-state index in [9.17, 15) is 9.59 Å². The fourth-order valence-electron chi connectivity index (χ4n) is 2.96. The maximum atomic E-state index is 12.5. The molecule has 0 aliphatic carbocycles. The molecule has 6 nitrogen and oxygen atoms in total. The second-order valence-corrected chi connectivity index (χ2v) is 6.54. The molecular formula is C24H23NO5. The van der Waals surface area contributed by atoms with Crippen LogP contribution in [0.2, 0.25) is 0 Å². The number of rotatable bonds is 7. The maximum absolute atomic E-state index is 12.5. The minimum absolute atomic E-state index is 0.404. The van der Waals surface area contributed by atoms with Gasteiger partial charge in [0.2, 0.25) is 0 Å². The molecule has 0 heterocycles. The minimum atomic E-state index is -0.952. The summed E-state index contributed by atoms with van der Waals surface area (Å²) in [5.41, 5.74) is 1.40. The number of esters is 1. The lowest BCUT2D eigenvalue weighted by atomic mass is 10.1. The van der Waals surface area contributed by atoms with Crippen molar-refractivity contribution in [1.82, 2.24) is 0 Å². The number of nitrogens with one attached hydrogen (secondary N) is 1. The summed E-state index contributed by atoms with van der Waals surface area (Å²) in [6, 6.07) is 18.6. The predicted octanol–water partition coefficient (Wildman–Crippen LogP) is 4.44. The van der Waals surface area contributed by atoms with Crippen LogP contribution in [0.1, 0.15) is 12.5 Å². The monoisotopic (exact) mass is 405 g/mol. The van der Waals surface area contributed by atoms with Gasteiger partial charge in [-0.2, -0.15) is 0 Å². The fourth-order valence-corrected chi connectivity index (χ4v) is 2.96. The van der Waals surface area contributed by atoms with Crippen molar-refractivity contribution in [3.63, 3.8) is 0 Å². The van der Waals surface area contributed by atoms with Gasteiger partial charge in [0, 0.05) is 17.1 Å². The number of carbonyl (C=O) groups excluding carboxylic acids is 2. The standard InChI is InChI=1S/C24H23NO5/c1-16(24(27)25-20-10-6-8-18-7-4-5-9-19(18)20)30-23(26)14-12-17-11-13-21(28-2)22(15-17)29-3/h4-16H,1-3H3,(H,25,27)/b14-12+/t16-/m1/s1. The molecular weight excluding hydrogens is 382 g/mol. The molecule has 30 heavy (non-hydrogen) atoms. The molecule has 154 valence electrons. The van der Waals surface area contributed by atoms with Gasteiger partial charge in [-0.1, -0.05) is 42.5 Å². The maximum Gasteiger partial charge on any atom is 0.331 e. The van der Waals surface area contributed by atoms with Crippen molar-refractivity contribution >= 4 is 34.4 Å². The Bertz CT molecular complexity index is 1080. The molecule has 1 amide bonds. The fraction of sp³-hybridized carbons (Fsp3) is 0.167. The number of ether oxygens (including phenoxy) is 3. The van der Waals surface area contributed by atoms with E-state index in [1.54, 1.807) is 31.4 Å². The molecule has 0 unspecified atom stereocenters. The van der Waals surface area contributed by atoms with E-state index in [-0.39, 0.29) is 0 Å². The number of hydrogen-bond acceptors (Lipinski definition) is 5. The average molecular weight is 405 g/mol. The first kappa shape index (κ1) is 20.9. The third-order valence-electron chi connectivity index (χ3n) is 4.53. The Morgan fingerprint density at radius 3 is 2.43 bits per heavy atom. The van der Waals surface area contributed by atoms with Crippen LogP contribution >= 0.6 is 0 Å². The summed E-state index contributed by atoms with van der Waals surface area (Å²) in [7, 11) is 3.09. The highest BCUT2D eigenvalue weighted by Crippen LogP contribution is 2.28. The van der Waals surface area contributed by atoms with Crippen molar-refractivity contribution in [2.24, 2.45) is 0 Å². The third-order valence-corrected chi connectivity index (χ3v) is 4.53. The zero-order valence-electron chi connectivity index (χ0n) is 17.0. The number of anilines is 1. The van der Waals surface area contributed by atoms with E-state index < -0.39 is 18.0 Å². The van der Waals surface area contributed by atoms with Crippen LogP contribution in [0.4, 0.5) is 5.69 Å². The first-order valence-electron chi connectivity index (χ1n) is 9.41. The van der Waals surface area contributed by atoms with E-state index in [0.29, 0.717) is 17.2 Å². The van der Waals surface area contributed by atoms with Crippen molar-refractivity contribution in [2.75, 3.05) is 19.5 Å². The predicted molar refractivity (Wildman–Crippen MR) is 117 cm³/mol. The quantitative estimate of drug-likeness (QED) is 0.465. The molecule has 0 saturated heterocycles. The highest BCUT2D eigenvalue weighted by atomic mass is 16.5. The van der Waals surface area contributed by atoms with Crippen LogP contribution in [-0.4, -0.2) is 32.2 Å². The number of fused-ring (bicyclic) bond motifs is 1. The molecule has 0 radical (unpaired) electrons. The summed E-state index contributed by atoms with van der Waals surface area (Å²) in [4.78, 5) is 24.6. The Kier molecular flexibility index (Phi) is 6.70. The number of benzene rings is 3. The lowest BCUT2D eigenvalue weighted by Gasteiger charge is -2.14. The van der Waals surface area contributed by atoms with Crippen LogP contribution in [0.5, 0.6) is 11.5 Å². The van der Waals surface area contributed by atoms with E-state index in [2.05, 4.69) is 5.32 Å². The van der Waals surface area contributed by atoms with Crippen LogP contribution in [-0.2, 0) is 14.3 Å². The zero-order chi connectivity index (χ0) is 21.5. The molecule has 0 aromatic heterocycles. The second kappa shape index (κ2) is 9.60. The molecule has 6 heteroatoms. The Balaban J connectivity index is 1.62. The van der Waals surface area contributed by atoms with Gasteiger partial charge in [-0.25, -0.2) is 4.79 Å². The Hall–Kier alpha value is -3.80. The van der Waals surface area contributed by atoms with Gasteiger partial charge >= 0.3 is 5.97 Å². The molecule has 1 atom stereocenters. The highest BCUT2D eigenvalue weighted by Gasteiger charge is 2.17. The molecule has 0 fully saturated rings. The van der Waals surface area contributed by atoms with Gasteiger partial charge in [0.15, 0.2) is 17.6 Å². The first-order chi connectivity index (χ1) is 14.5. The summed E-state index contributed by atoms with van der Waals surface area (Å²) >= 11 is 0. The van der Waals surface area contributed by atoms with Gasteiger partial charge in [-0.15, -0.1) is 0 Å². The van der Waals surface area contributed by atoms with Gasteiger partial charge in [-0.3, -0.25) is 4.79 Å². The van der Waals surface area contributed by atoms with E-state index in [1.807, 2.05) is 42.5 Å². The van der Waals surface area contributed by atoms with Crippen molar-refractivity contribution < 1.29 is 23.8 Å². The topological polar surface area (TPSA) is 73.9 Å². The molecule has 3 aromatic rings. The van der Waals surface area contributed by atoms with Crippen LogP contribution in [0.25, 0.3) is 16.8 Å². The lowest BCUT2D eigenvalue weighted by Crippen LogP contribution is -2.29. The summed E-state index contributed by atoms with van der Waals surface area (Å²) in [6.07, 6.45) is 1.90. The largest absolute Gasteiger partial charge is 0.493 e. The number of amides is 1. The molecule has 0 bridgehead atoms. The summed E-state index contributed by atoms with van der Waals surface area (Å²) in [5.74, 6) is 0.122. The van der Waals surface area contributed by atoms with Crippen LogP contribution in [0.3, 0.4) is 0 Å². The Morgan fingerprint density at radius 1 is 0.933 bits per heavy atom. The number of hydrogen-bond donors (Lipinski definition) is 1. The molecule has 1 N–H and O–H groups in total. The highest BCUT2D eigenvalue weighted by molar-refractivity contribution is 6.04. The molecule has 0 saturated carbocycles. The minimum Gasteiger partial charge on any atom is -0.493 e. The normalized spacial score (nSPS) is 11.8. The Morgan fingerprint density at radius 2 is 1.67 bits per heavy atom. The SMILES string of the molecule is COc1ccc(/C=C/C(=O)O[C@H](C)C(=O)Nc2cccc3ccccc23)cc1OC. The van der Waals surface area contributed by atoms with Gasteiger partial charge < -0.3 is 19.5 Å². The van der Waals surface area contributed by atoms with Crippen molar-refractivity contribution in [3.8, 4) is 11.5 Å². The van der Waals surface area contributed by atoms with E-state index in [0.717, 1.165) is 16.3 Å². The molecule has 3 aromatic carbocycles. The lowest BCUT2D eigenvalue weighted by molar-refractivity contribution is -0.148. The van der Waals surface area contributed by atoms with E-state index >= 15 is 0 Å². The van der Waals surface area contributed by atoms with Crippen LogP contribution in [0.15, 0.2) is 66.7 Å². The first-order valence-corrected chi connectivity index (χ1v) is 9.41. The second-order valence-electron chi connectivity index (χ2n) is 6.54. The molecule has 0 aliphatic rings. The van der Waals surface area contributed by atoms with E-state index in [4.69, 9.17) is 14.2 Å². The number of carbonyl (C=O) groups is 2. The average Bonchev–Trinajstić information content (AvgIpc) is 2.77. The van der Waals surface area contributed by atoms with Crippen molar-refractivity contribution in [3.05, 3.63) is 72.3 Å². The summed E-state index contributed by atoms with van der Waals surface area (Å²) in [6.45, 7) is 1.53.